The van der Waals surface area contributed by atoms with Crippen molar-refractivity contribution in [2.45, 2.75) is 53.4 Å². The second-order valence-corrected chi connectivity index (χ2v) is 3.41. The summed E-state index contributed by atoms with van der Waals surface area (Å²) in [6.07, 6.45) is 2.37. The van der Waals surface area contributed by atoms with Crippen molar-refractivity contribution in [3.63, 3.8) is 0 Å². The van der Waals surface area contributed by atoms with Crippen LogP contribution in [0.25, 0.3) is 0 Å². The van der Waals surface area contributed by atoms with E-state index in [9.17, 15) is 0 Å². The minimum absolute atomic E-state index is 0.705. The zero-order valence-corrected chi connectivity index (χ0v) is 10.3. The van der Waals surface area contributed by atoms with Crippen molar-refractivity contribution in [2.24, 2.45) is 0 Å². The number of aryl methyl sites for hydroxylation is 1. The average Bonchev–Trinajstić information content (AvgIpc) is 2.30. The molecule has 0 N–H and O–H groups in total. The molecule has 0 saturated carbocycles. The first-order valence-electron chi connectivity index (χ1n) is 5.86. The van der Waals surface area contributed by atoms with E-state index in [0.29, 0.717) is 5.92 Å². The molecule has 80 valence electrons. The predicted octanol–water partition coefficient (Wildman–Crippen LogP) is 4.79. The van der Waals surface area contributed by atoms with E-state index < -0.39 is 0 Å². The Morgan fingerprint density at radius 2 is 1.79 bits per heavy atom. The molecule has 0 aliphatic carbocycles. The largest absolute Gasteiger partial charge is 0.0683 e. The van der Waals surface area contributed by atoms with Crippen molar-refractivity contribution in [1.82, 2.24) is 0 Å². The van der Waals surface area contributed by atoms with E-state index in [1.165, 1.54) is 17.5 Å². The zero-order chi connectivity index (χ0) is 11.0. The van der Waals surface area contributed by atoms with Gasteiger partial charge in [0.1, 0.15) is 0 Å². The molecule has 0 amide bonds. The summed E-state index contributed by atoms with van der Waals surface area (Å²) < 4.78 is 0. The Bertz CT molecular complexity index is 238. The molecule has 0 nitrogen and oxygen atoms in total. The van der Waals surface area contributed by atoms with Gasteiger partial charge in [0.15, 0.2) is 0 Å². The molecular formula is C14H24. The predicted molar refractivity (Wildman–Crippen MR) is 65.9 cm³/mol. The van der Waals surface area contributed by atoms with Crippen LogP contribution in [0.5, 0.6) is 0 Å². The van der Waals surface area contributed by atoms with E-state index in [1.807, 2.05) is 13.8 Å². The third kappa shape index (κ3) is 3.95. The van der Waals surface area contributed by atoms with E-state index >= 15 is 0 Å². The quantitative estimate of drug-likeness (QED) is 0.646. The molecule has 0 fully saturated rings. The highest BCUT2D eigenvalue weighted by Crippen LogP contribution is 2.19. The van der Waals surface area contributed by atoms with Gasteiger partial charge in [-0.3, -0.25) is 0 Å². The maximum atomic E-state index is 2.33. The SMILES string of the molecule is CC.CCc1cccc(C(C)CC)c1. The summed E-state index contributed by atoms with van der Waals surface area (Å²) in [5.41, 5.74) is 2.93. The second kappa shape index (κ2) is 7.61. The number of benzene rings is 1. The molecule has 0 bridgehead atoms. The van der Waals surface area contributed by atoms with Gasteiger partial charge in [0.25, 0.3) is 0 Å². The van der Waals surface area contributed by atoms with Gasteiger partial charge < -0.3 is 0 Å². The van der Waals surface area contributed by atoms with Crippen LogP contribution in [0.2, 0.25) is 0 Å². The van der Waals surface area contributed by atoms with Crippen molar-refractivity contribution in [1.29, 1.82) is 0 Å². The van der Waals surface area contributed by atoms with Gasteiger partial charge in [-0.25, -0.2) is 0 Å². The molecule has 0 radical (unpaired) electrons. The number of hydrogen-bond donors (Lipinski definition) is 0. The molecular weight excluding hydrogens is 168 g/mol. The Kier molecular flexibility index (Phi) is 7.18. The Morgan fingerprint density at radius 1 is 1.14 bits per heavy atom. The van der Waals surface area contributed by atoms with Crippen molar-refractivity contribution < 1.29 is 0 Å². The van der Waals surface area contributed by atoms with Gasteiger partial charge >= 0.3 is 0 Å². The van der Waals surface area contributed by atoms with Gasteiger partial charge in [-0.05, 0) is 29.9 Å². The Hall–Kier alpha value is -0.780. The summed E-state index contributed by atoms with van der Waals surface area (Å²) in [6.45, 7) is 10.7. The van der Waals surface area contributed by atoms with Crippen LogP contribution in [0.4, 0.5) is 0 Å². The van der Waals surface area contributed by atoms with Crippen LogP contribution in [0.1, 0.15) is 58.1 Å². The normalized spacial score (nSPS) is 11.5. The molecule has 1 rings (SSSR count). The monoisotopic (exact) mass is 192 g/mol. The Labute approximate surface area is 89.4 Å². The van der Waals surface area contributed by atoms with E-state index in [-0.39, 0.29) is 0 Å². The first-order valence-corrected chi connectivity index (χ1v) is 5.86. The summed E-state index contributed by atoms with van der Waals surface area (Å²) in [7, 11) is 0. The fourth-order valence-electron chi connectivity index (χ4n) is 1.36. The van der Waals surface area contributed by atoms with Gasteiger partial charge in [0, 0.05) is 0 Å². The van der Waals surface area contributed by atoms with Crippen molar-refractivity contribution in [3.8, 4) is 0 Å². The van der Waals surface area contributed by atoms with E-state index in [0.717, 1.165) is 6.42 Å². The van der Waals surface area contributed by atoms with Gasteiger partial charge in [-0.1, -0.05) is 58.9 Å². The van der Waals surface area contributed by atoms with Gasteiger partial charge in [0.05, 0.1) is 0 Å². The van der Waals surface area contributed by atoms with Crippen LogP contribution in [0.15, 0.2) is 24.3 Å². The molecule has 1 atom stereocenters. The average molecular weight is 192 g/mol. The number of rotatable bonds is 3. The van der Waals surface area contributed by atoms with Gasteiger partial charge in [0.2, 0.25) is 0 Å². The van der Waals surface area contributed by atoms with Gasteiger partial charge in [-0.15, -0.1) is 0 Å². The summed E-state index contributed by atoms with van der Waals surface area (Å²) in [6, 6.07) is 8.92. The maximum absolute atomic E-state index is 2.33. The lowest BCUT2D eigenvalue weighted by Crippen LogP contribution is -1.92. The summed E-state index contributed by atoms with van der Waals surface area (Å²) >= 11 is 0. The Morgan fingerprint density at radius 3 is 2.29 bits per heavy atom. The molecule has 1 aromatic carbocycles. The second-order valence-electron chi connectivity index (χ2n) is 3.41. The topological polar surface area (TPSA) is 0 Å². The Balaban J connectivity index is 0.000000791. The molecule has 0 saturated heterocycles. The number of hydrogen-bond acceptors (Lipinski definition) is 0. The standard InChI is InChI=1S/C12H18.C2H6/c1-4-10(3)12-8-6-7-11(5-2)9-12;1-2/h6-10H,4-5H2,1-3H3;1-2H3. The fraction of sp³-hybridized carbons (Fsp3) is 0.571. The molecule has 0 aromatic heterocycles. The fourth-order valence-corrected chi connectivity index (χ4v) is 1.36. The highest BCUT2D eigenvalue weighted by Gasteiger charge is 2.01. The molecule has 0 heteroatoms. The zero-order valence-electron chi connectivity index (χ0n) is 10.3. The maximum Gasteiger partial charge on any atom is -0.0193 e. The summed E-state index contributed by atoms with van der Waals surface area (Å²) in [5, 5.41) is 0. The third-order valence-corrected chi connectivity index (χ3v) is 2.54. The molecule has 14 heavy (non-hydrogen) atoms. The molecule has 0 heterocycles. The first kappa shape index (κ1) is 13.2. The van der Waals surface area contributed by atoms with Gasteiger partial charge in [-0.2, -0.15) is 0 Å². The van der Waals surface area contributed by atoms with Crippen LogP contribution in [0.3, 0.4) is 0 Å². The highest BCUT2D eigenvalue weighted by atomic mass is 14.1. The van der Waals surface area contributed by atoms with Crippen LogP contribution < -0.4 is 0 Å². The van der Waals surface area contributed by atoms with Crippen molar-refractivity contribution >= 4 is 0 Å². The molecule has 0 spiro atoms. The van der Waals surface area contributed by atoms with E-state index in [4.69, 9.17) is 0 Å². The first-order chi connectivity index (χ1) is 6.77. The molecule has 1 aromatic rings. The highest BCUT2D eigenvalue weighted by molar-refractivity contribution is 5.25. The van der Waals surface area contributed by atoms with Crippen LogP contribution in [0, 0.1) is 0 Å². The minimum atomic E-state index is 0.705. The lowest BCUT2D eigenvalue weighted by Gasteiger charge is -2.09. The van der Waals surface area contributed by atoms with E-state index in [1.54, 1.807) is 0 Å². The van der Waals surface area contributed by atoms with Crippen LogP contribution >= 0.6 is 0 Å². The van der Waals surface area contributed by atoms with Crippen LogP contribution in [-0.4, -0.2) is 0 Å². The van der Waals surface area contributed by atoms with Crippen LogP contribution in [-0.2, 0) is 6.42 Å². The minimum Gasteiger partial charge on any atom is -0.0683 e. The van der Waals surface area contributed by atoms with E-state index in [2.05, 4.69) is 45.0 Å². The molecule has 0 aliphatic rings. The third-order valence-electron chi connectivity index (χ3n) is 2.54. The smallest absolute Gasteiger partial charge is 0.0193 e. The lowest BCUT2D eigenvalue weighted by molar-refractivity contribution is 0.732. The van der Waals surface area contributed by atoms with Crippen molar-refractivity contribution in [2.75, 3.05) is 0 Å². The van der Waals surface area contributed by atoms with Crippen molar-refractivity contribution in [3.05, 3.63) is 35.4 Å². The summed E-state index contributed by atoms with van der Waals surface area (Å²) in [5.74, 6) is 0.705. The lowest BCUT2D eigenvalue weighted by atomic mass is 9.96. The summed E-state index contributed by atoms with van der Waals surface area (Å²) in [4.78, 5) is 0. The molecule has 0 aliphatic heterocycles. The molecule has 1 unspecified atom stereocenters.